The highest BCUT2D eigenvalue weighted by Crippen LogP contribution is 2.48. The Balaban J connectivity index is 0.904. The lowest BCUT2D eigenvalue weighted by molar-refractivity contribution is 0.669. The van der Waals surface area contributed by atoms with Crippen molar-refractivity contribution >= 4 is 88.4 Å². The van der Waals surface area contributed by atoms with Crippen LogP contribution in [0.5, 0.6) is 0 Å². The number of benzene rings is 13. The van der Waals surface area contributed by atoms with E-state index in [0.29, 0.717) is 0 Å². The molecule has 75 heavy (non-hydrogen) atoms. The summed E-state index contributed by atoms with van der Waals surface area (Å²) in [6.07, 6.45) is 0. The van der Waals surface area contributed by atoms with Crippen LogP contribution in [0, 0.1) is 0 Å². The van der Waals surface area contributed by atoms with Crippen molar-refractivity contribution in [1.29, 1.82) is 0 Å². The molecule has 3 nitrogen and oxygen atoms in total. The minimum Gasteiger partial charge on any atom is -0.454 e. The van der Waals surface area contributed by atoms with Gasteiger partial charge in [0.05, 0.1) is 11.4 Å². The Labute approximate surface area is 436 Å². The van der Waals surface area contributed by atoms with Gasteiger partial charge in [-0.3, -0.25) is 0 Å². The molecule has 0 unspecified atom stereocenters. The number of nitrogens with zero attached hydrogens (tertiary/aromatic N) is 2. The van der Waals surface area contributed by atoms with Crippen LogP contribution in [0.15, 0.2) is 296 Å². The van der Waals surface area contributed by atoms with E-state index in [4.69, 9.17) is 4.42 Å². The number of hydrogen-bond donors (Lipinski definition) is 0. The van der Waals surface area contributed by atoms with Gasteiger partial charge >= 0.3 is 0 Å². The van der Waals surface area contributed by atoms with E-state index in [0.717, 1.165) is 83.5 Å². The fourth-order valence-electron chi connectivity index (χ4n) is 11.2. The van der Waals surface area contributed by atoms with Gasteiger partial charge in [0.2, 0.25) is 0 Å². The molecule has 352 valence electrons. The molecule has 0 amide bonds. The van der Waals surface area contributed by atoms with Gasteiger partial charge < -0.3 is 14.2 Å². The molecule has 0 radical (unpaired) electrons. The van der Waals surface area contributed by atoms with E-state index >= 15 is 0 Å². The average molecular weight is 957 g/mol. The van der Waals surface area contributed by atoms with Gasteiger partial charge in [-0.25, -0.2) is 0 Å². The van der Waals surface area contributed by atoms with Crippen molar-refractivity contribution in [2.24, 2.45) is 0 Å². The minimum atomic E-state index is 0.854. The Kier molecular flexibility index (Phi) is 10.8. The maximum atomic E-state index is 7.06. The standard InChI is InChI=1S/C72H48N2O/c1-4-16-49(17-5-1)52-28-37-58(38-29-52)73(59-39-30-53(31-40-59)50-18-6-2-7-19-50)67-46-45-62(65-26-14-15-27-66(65)67)56-34-43-61(44-35-56)74(60-41-32-54(33-42-60)51-20-8-3-9-21-51)68-48-57-23-11-13-25-64(57)71-70-63-24-12-10-22-55(63)36-47-69(70)75-72(68)71/h1-48H. The summed E-state index contributed by atoms with van der Waals surface area (Å²) < 4.78 is 7.06. The van der Waals surface area contributed by atoms with Crippen LogP contribution in [0.3, 0.4) is 0 Å². The summed E-state index contributed by atoms with van der Waals surface area (Å²) in [7, 11) is 0. The number of fused-ring (bicyclic) bond motifs is 8. The number of furan rings is 1. The molecule has 0 bridgehead atoms. The molecule has 0 fully saturated rings. The summed E-state index contributed by atoms with van der Waals surface area (Å²) in [5.74, 6) is 0. The molecule has 0 aliphatic carbocycles. The van der Waals surface area contributed by atoms with Crippen molar-refractivity contribution in [3.8, 4) is 44.5 Å². The highest BCUT2D eigenvalue weighted by molar-refractivity contribution is 6.29. The first kappa shape index (κ1) is 43.8. The fourth-order valence-corrected chi connectivity index (χ4v) is 11.2. The Bertz CT molecular complexity index is 4280. The molecule has 0 saturated carbocycles. The van der Waals surface area contributed by atoms with Crippen molar-refractivity contribution in [1.82, 2.24) is 0 Å². The zero-order valence-corrected chi connectivity index (χ0v) is 41.0. The van der Waals surface area contributed by atoms with Crippen LogP contribution in [0.25, 0.3) is 98.8 Å². The molecule has 3 heteroatoms. The third-order valence-electron chi connectivity index (χ3n) is 14.9. The fraction of sp³-hybridized carbons (Fsp3) is 0. The van der Waals surface area contributed by atoms with Crippen molar-refractivity contribution < 1.29 is 4.42 Å². The van der Waals surface area contributed by atoms with Gasteiger partial charge in [0.1, 0.15) is 5.58 Å². The van der Waals surface area contributed by atoms with E-state index in [-0.39, 0.29) is 0 Å². The summed E-state index contributed by atoms with van der Waals surface area (Å²) in [4.78, 5) is 4.76. The van der Waals surface area contributed by atoms with Crippen molar-refractivity contribution in [3.63, 3.8) is 0 Å². The summed E-state index contributed by atoms with van der Waals surface area (Å²) in [6.45, 7) is 0. The Morgan fingerprint density at radius 3 is 1.13 bits per heavy atom. The first-order chi connectivity index (χ1) is 37.2. The van der Waals surface area contributed by atoms with Gasteiger partial charge in [0.15, 0.2) is 5.58 Å². The van der Waals surface area contributed by atoms with Crippen LogP contribution >= 0.6 is 0 Å². The summed E-state index contributed by atoms with van der Waals surface area (Å²) >= 11 is 0. The minimum absolute atomic E-state index is 0.854. The normalized spacial score (nSPS) is 11.5. The maximum absolute atomic E-state index is 7.06. The van der Waals surface area contributed by atoms with Gasteiger partial charge in [-0.05, 0) is 138 Å². The van der Waals surface area contributed by atoms with Crippen LogP contribution in [0.1, 0.15) is 0 Å². The molecule has 0 N–H and O–H groups in total. The smallest absolute Gasteiger partial charge is 0.160 e. The average Bonchev–Trinajstić information content (AvgIpc) is 3.93. The molecule has 14 aromatic rings. The molecule has 1 heterocycles. The van der Waals surface area contributed by atoms with Crippen LogP contribution < -0.4 is 9.80 Å². The van der Waals surface area contributed by atoms with Crippen LogP contribution in [-0.4, -0.2) is 0 Å². The highest BCUT2D eigenvalue weighted by atomic mass is 16.3. The monoisotopic (exact) mass is 956 g/mol. The molecule has 0 spiro atoms. The molecule has 0 aliphatic heterocycles. The van der Waals surface area contributed by atoms with Crippen molar-refractivity contribution in [2.75, 3.05) is 9.80 Å². The predicted molar refractivity (Wildman–Crippen MR) is 317 cm³/mol. The molecular formula is C72H48N2O. The van der Waals surface area contributed by atoms with Gasteiger partial charge in [-0.2, -0.15) is 0 Å². The SMILES string of the molecule is c1ccc(-c2ccc(N(c3ccc(-c4ccccc4)cc3)c3ccc(-c4ccc(N(c5ccc(-c6ccccc6)cc5)c5cc6ccccc6c6c5oc5ccc7ccccc7c56)cc4)c4ccccc34)cc2)cc1. The van der Waals surface area contributed by atoms with E-state index in [9.17, 15) is 0 Å². The Hall–Kier alpha value is -9.96. The molecule has 0 atom stereocenters. The summed E-state index contributed by atoms with van der Waals surface area (Å²) in [5.41, 5.74) is 17.4. The number of hydrogen-bond acceptors (Lipinski definition) is 3. The molecule has 14 rings (SSSR count). The largest absolute Gasteiger partial charge is 0.454 e. The summed E-state index contributed by atoms with van der Waals surface area (Å²) in [6, 6.07) is 105. The first-order valence-electron chi connectivity index (χ1n) is 25.6. The van der Waals surface area contributed by atoms with Crippen LogP contribution in [0.2, 0.25) is 0 Å². The van der Waals surface area contributed by atoms with Crippen LogP contribution in [0.4, 0.5) is 34.1 Å². The van der Waals surface area contributed by atoms with E-state index in [1.54, 1.807) is 0 Å². The molecule has 0 saturated heterocycles. The van der Waals surface area contributed by atoms with E-state index in [2.05, 4.69) is 301 Å². The predicted octanol–water partition coefficient (Wildman–Crippen LogP) is 20.7. The van der Waals surface area contributed by atoms with Crippen molar-refractivity contribution in [3.05, 3.63) is 291 Å². The Morgan fingerprint density at radius 1 is 0.240 bits per heavy atom. The lowest BCUT2D eigenvalue weighted by Crippen LogP contribution is -2.11. The molecule has 1 aromatic heterocycles. The van der Waals surface area contributed by atoms with Gasteiger partial charge in [0.25, 0.3) is 0 Å². The lowest BCUT2D eigenvalue weighted by atomic mass is 9.95. The Morgan fingerprint density at radius 2 is 0.627 bits per heavy atom. The van der Waals surface area contributed by atoms with Crippen LogP contribution in [-0.2, 0) is 0 Å². The van der Waals surface area contributed by atoms with E-state index < -0.39 is 0 Å². The number of rotatable bonds is 10. The third kappa shape index (κ3) is 7.86. The van der Waals surface area contributed by atoms with Crippen molar-refractivity contribution in [2.45, 2.75) is 0 Å². The molecule has 13 aromatic carbocycles. The third-order valence-corrected chi connectivity index (χ3v) is 14.9. The quantitative estimate of drug-likeness (QED) is 0.136. The zero-order valence-electron chi connectivity index (χ0n) is 41.0. The summed E-state index contributed by atoms with van der Waals surface area (Å²) in [5, 5.41) is 9.29. The highest BCUT2D eigenvalue weighted by Gasteiger charge is 2.24. The second-order valence-electron chi connectivity index (χ2n) is 19.2. The second kappa shape index (κ2) is 18.6. The topological polar surface area (TPSA) is 19.6 Å². The van der Waals surface area contributed by atoms with Gasteiger partial charge in [-0.15, -0.1) is 0 Å². The first-order valence-corrected chi connectivity index (χ1v) is 25.6. The van der Waals surface area contributed by atoms with Gasteiger partial charge in [-0.1, -0.05) is 224 Å². The van der Waals surface area contributed by atoms with E-state index in [1.807, 2.05) is 0 Å². The zero-order chi connectivity index (χ0) is 49.7. The molecular weight excluding hydrogens is 909 g/mol. The maximum Gasteiger partial charge on any atom is 0.160 e. The molecule has 0 aliphatic rings. The number of anilines is 6. The second-order valence-corrected chi connectivity index (χ2v) is 19.2. The van der Waals surface area contributed by atoms with Gasteiger partial charge in [0, 0.05) is 38.9 Å². The van der Waals surface area contributed by atoms with E-state index in [1.165, 1.54) is 49.4 Å². The lowest BCUT2D eigenvalue weighted by Gasteiger charge is -2.28.